The van der Waals surface area contributed by atoms with Gasteiger partial charge in [-0.3, -0.25) is 9.78 Å². The minimum absolute atomic E-state index is 0. The van der Waals surface area contributed by atoms with Crippen LogP contribution in [0.15, 0.2) is 90.7 Å². The van der Waals surface area contributed by atoms with Crippen LogP contribution in [0, 0.1) is 31.7 Å². The summed E-state index contributed by atoms with van der Waals surface area (Å²) in [6, 6.07) is 31.8. The van der Waals surface area contributed by atoms with Gasteiger partial charge < -0.3 is 5.11 Å². The number of carbonyl (C=O) groups is 1. The van der Waals surface area contributed by atoms with E-state index in [2.05, 4.69) is 120 Å². The van der Waals surface area contributed by atoms with Gasteiger partial charge in [0, 0.05) is 49.1 Å². The van der Waals surface area contributed by atoms with Crippen molar-refractivity contribution < 1.29 is 30.0 Å². The van der Waals surface area contributed by atoms with Gasteiger partial charge >= 0.3 is 0 Å². The van der Waals surface area contributed by atoms with Crippen LogP contribution < -0.4 is 0 Å². The number of hydrogen-bond donors (Lipinski definition) is 1. The summed E-state index contributed by atoms with van der Waals surface area (Å²) in [5.74, 6) is 0.547. The van der Waals surface area contributed by atoms with Gasteiger partial charge in [0.2, 0.25) is 0 Å². The van der Waals surface area contributed by atoms with E-state index in [1.165, 1.54) is 44.7 Å². The van der Waals surface area contributed by atoms with Crippen LogP contribution in [-0.2, 0) is 30.3 Å². The number of aliphatic hydroxyl groups is 1. The Kier molecular flexibility index (Phi) is 13.9. The van der Waals surface area contributed by atoms with Crippen LogP contribution >= 0.6 is 0 Å². The Hall–Kier alpha value is -3.59. The Morgan fingerprint density at radius 3 is 2.04 bits per heavy atom. The van der Waals surface area contributed by atoms with Crippen molar-refractivity contribution in [1.29, 1.82) is 0 Å². The number of hydrogen-bond acceptors (Lipinski definition) is 3. The maximum absolute atomic E-state index is 11.7. The standard InChI is InChI=1S/C31H28N.C13H24O2.Ir/c1-20-15-21(2)30-26(22-11-7-6-8-12-22)19-28(32-29(30)16-20)24-17-23-13-9-10-14-25(23)27(18-24)31(3,4)5;1-5-10(6-2)12(14)9-13(15)11(7-3)8-4;/h6-16,18-19H,1-5H3;9-11,14H,5-8H2,1-4H3;/q-1;;/b;12-9-;. The first-order chi connectivity index (χ1) is 22.4. The van der Waals surface area contributed by atoms with Crippen molar-refractivity contribution >= 4 is 27.5 Å². The molecular weight excluding hydrogens is 767 g/mol. The molecule has 0 amide bonds. The molecule has 0 bridgehead atoms. The molecule has 3 nitrogen and oxygen atoms in total. The number of aryl methyl sites for hydroxylation is 2. The monoisotopic (exact) mass is 819 g/mol. The molecule has 1 N–H and O–H groups in total. The van der Waals surface area contributed by atoms with E-state index in [-0.39, 0.29) is 48.9 Å². The van der Waals surface area contributed by atoms with Crippen LogP contribution in [0.25, 0.3) is 44.1 Å². The third kappa shape index (κ3) is 9.10. The second-order valence-corrected chi connectivity index (χ2v) is 13.8. The first-order valence-corrected chi connectivity index (χ1v) is 17.3. The van der Waals surface area contributed by atoms with Crippen LogP contribution in [-0.4, -0.2) is 15.9 Å². The Balaban J connectivity index is 0.000000334. The third-order valence-corrected chi connectivity index (χ3v) is 9.28. The molecule has 5 rings (SSSR count). The number of aliphatic hydroxyl groups excluding tert-OH is 1. The van der Waals surface area contributed by atoms with E-state index in [0.717, 1.165) is 47.8 Å². The summed E-state index contributed by atoms with van der Waals surface area (Å²) in [6.45, 7) is 19.2. The molecule has 48 heavy (non-hydrogen) atoms. The van der Waals surface area contributed by atoms with E-state index in [1.54, 1.807) is 0 Å². The summed E-state index contributed by atoms with van der Waals surface area (Å²) < 4.78 is 0. The molecule has 0 atom stereocenters. The first-order valence-electron chi connectivity index (χ1n) is 17.3. The summed E-state index contributed by atoms with van der Waals surface area (Å²) in [7, 11) is 0. The Labute approximate surface area is 302 Å². The fourth-order valence-electron chi connectivity index (χ4n) is 6.51. The molecule has 255 valence electrons. The largest absolute Gasteiger partial charge is 0.512 e. The van der Waals surface area contributed by atoms with Crippen LogP contribution in [0.4, 0.5) is 0 Å². The summed E-state index contributed by atoms with van der Waals surface area (Å²) in [6.07, 6.45) is 4.91. The molecule has 0 saturated heterocycles. The van der Waals surface area contributed by atoms with E-state index in [0.29, 0.717) is 0 Å². The maximum atomic E-state index is 11.7. The van der Waals surface area contributed by atoms with Gasteiger partial charge in [0.05, 0.1) is 11.3 Å². The molecule has 0 aliphatic rings. The Bertz CT molecular complexity index is 1860. The number of fused-ring (bicyclic) bond motifs is 2. The first kappa shape index (κ1) is 38.9. The minimum Gasteiger partial charge on any atom is -0.512 e. The Morgan fingerprint density at radius 2 is 1.44 bits per heavy atom. The van der Waals surface area contributed by atoms with Crippen molar-refractivity contribution in [3.8, 4) is 22.4 Å². The fourth-order valence-corrected chi connectivity index (χ4v) is 6.51. The van der Waals surface area contributed by atoms with Gasteiger partial charge in [-0.05, 0) is 73.3 Å². The number of aromatic nitrogens is 1. The third-order valence-electron chi connectivity index (χ3n) is 9.28. The number of nitrogens with zero attached hydrogens (tertiary/aromatic N) is 1. The van der Waals surface area contributed by atoms with Crippen LogP contribution in [0.3, 0.4) is 0 Å². The molecule has 0 spiro atoms. The molecule has 0 aliphatic carbocycles. The molecule has 1 radical (unpaired) electrons. The summed E-state index contributed by atoms with van der Waals surface area (Å²) in [4.78, 5) is 16.9. The molecule has 4 aromatic carbocycles. The van der Waals surface area contributed by atoms with Gasteiger partial charge in [0.1, 0.15) is 0 Å². The van der Waals surface area contributed by atoms with Crippen LogP contribution in [0.5, 0.6) is 0 Å². The van der Waals surface area contributed by atoms with Crippen molar-refractivity contribution in [2.75, 3.05) is 0 Å². The van der Waals surface area contributed by atoms with Gasteiger partial charge in [0.15, 0.2) is 5.78 Å². The molecule has 0 aliphatic heterocycles. The second kappa shape index (κ2) is 17.2. The van der Waals surface area contributed by atoms with Gasteiger partial charge in [-0.2, -0.15) is 0 Å². The summed E-state index contributed by atoms with van der Waals surface area (Å²) in [5, 5.41) is 13.4. The van der Waals surface area contributed by atoms with Gasteiger partial charge in [-0.15, -0.1) is 29.1 Å². The van der Waals surface area contributed by atoms with E-state index in [4.69, 9.17) is 4.98 Å². The van der Waals surface area contributed by atoms with Crippen molar-refractivity contribution in [2.45, 2.75) is 93.4 Å². The number of ketones is 1. The van der Waals surface area contributed by atoms with Gasteiger partial charge in [-0.25, -0.2) is 0 Å². The molecule has 0 saturated carbocycles. The maximum Gasteiger partial charge on any atom is 0.162 e. The van der Waals surface area contributed by atoms with E-state index in [1.807, 2.05) is 27.7 Å². The van der Waals surface area contributed by atoms with Crippen molar-refractivity contribution in [3.05, 3.63) is 113 Å². The number of carbonyl (C=O) groups excluding carboxylic acids is 1. The summed E-state index contributed by atoms with van der Waals surface area (Å²) in [5.41, 5.74) is 9.34. The zero-order chi connectivity index (χ0) is 34.3. The molecule has 0 fully saturated rings. The smallest absolute Gasteiger partial charge is 0.162 e. The van der Waals surface area contributed by atoms with Crippen molar-refractivity contribution in [2.24, 2.45) is 11.8 Å². The van der Waals surface area contributed by atoms with E-state index < -0.39 is 0 Å². The molecule has 5 aromatic rings. The average molecular weight is 819 g/mol. The average Bonchev–Trinajstić information content (AvgIpc) is 3.05. The Morgan fingerprint density at radius 1 is 0.833 bits per heavy atom. The SMILES string of the molecule is CCC(CC)C(=O)/C=C(\O)C(CC)CC.Cc1cc(C)c2c(-c3ccccc3)cc(-c3[c-]c4ccccc4c(C(C)(C)C)c3)nc2c1.[Ir]. The van der Waals surface area contributed by atoms with E-state index >= 15 is 0 Å². The van der Waals surface area contributed by atoms with E-state index in [9.17, 15) is 9.90 Å². The summed E-state index contributed by atoms with van der Waals surface area (Å²) >= 11 is 0. The predicted molar refractivity (Wildman–Crippen MR) is 201 cm³/mol. The van der Waals surface area contributed by atoms with Gasteiger partial charge in [0.25, 0.3) is 0 Å². The molecular formula is C44H52IrNO2-. The molecule has 1 heterocycles. The van der Waals surface area contributed by atoms with Crippen LogP contribution in [0.2, 0.25) is 0 Å². The minimum atomic E-state index is 0. The fraction of sp³-hybridized carbons (Fsp3) is 0.364. The quantitative estimate of drug-likeness (QED) is 0.0916. The molecule has 1 aromatic heterocycles. The molecule has 4 heteroatoms. The zero-order valence-corrected chi connectivity index (χ0v) is 32.6. The molecule has 0 unspecified atom stereocenters. The van der Waals surface area contributed by atoms with Crippen molar-refractivity contribution in [1.82, 2.24) is 4.98 Å². The van der Waals surface area contributed by atoms with Gasteiger partial charge in [-0.1, -0.05) is 120 Å². The van der Waals surface area contributed by atoms with Crippen LogP contribution in [0.1, 0.15) is 90.8 Å². The number of pyridine rings is 1. The normalized spacial score (nSPS) is 11.9. The number of rotatable bonds is 9. The topological polar surface area (TPSA) is 50.2 Å². The van der Waals surface area contributed by atoms with Crippen molar-refractivity contribution in [3.63, 3.8) is 0 Å². The number of allylic oxidation sites excluding steroid dienone is 2. The predicted octanol–water partition coefficient (Wildman–Crippen LogP) is 12.3. The number of benzene rings is 4. The zero-order valence-electron chi connectivity index (χ0n) is 30.2. The second-order valence-electron chi connectivity index (χ2n) is 13.8.